The number of ether oxygens (including phenoxy) is 1. The Bertz CT molecular complexity index is 737. The van der Waals surface area contributed by atoms with Gasteiger partial charge in [0.1, 0.15) is 5.82 Å². The summed E-state index contributed by atoms with van der Waals surface area (Å²) in [6.45, 7) is 1.28. The van der Waals surface area contributed by atoms with Gasteiger partial charge in [-0.05, 0) is 12.8 Å². The highest BCUT2D eigenvalue weighted by molar-refractivity contribution is 6.07. The van der Waals surface area contributed by atoms with Crippen LogP contribution in [-0.4, -0.2) is 39.4 Å². The molecule has 0 unspecified atom stereocenters. The minimum absolute atomic E-state index is 0.0429. The first-order valence-electron chi connectivity index (χ1n) is 7.19. The monoisotopic (exact) mass is 300 g/mol. The van der Waals surface area contributed by atoms with Crippen LogP contribution in [0.25, 0.3) is 0 Å². The number of aromatic nitrogens is 4. The summed E-state index contributed by atoms with van der Waals surface area (Å²) in [5, 5.41) is 10.2. The fourth-order valence-electron chi connectivity index (χ4n) is 2.72. The first-order chi connectivity index (χ1) is 10.7. The second kappa shape index (κ2) is 4.77. The van der Waals surface area contributed by atoms with E-state index in [2.05, 4.69) is 25.7 Å². The van der Waals surface area contributed by atoms with E-state index in [4.69, 9.17) is 4.74 Å². The first kappa shape index (κ1) is 13.2. The lowest BCUT2D eigenvalue weighted by Gasteiger charge is -2.05. The molecule has 3 heterocycles. The predicted octanol–water partition coefficient (Wildman–Crippen LogP) is 1.05. The van der Waals surface area contributed by atoms with Crippen molar-refractivity contribution in [1.29, 1.82) is 0 Å². The molecule has 1 fully saturated rings. The van der Waals surface area contributed by atoms with Gasteiger partial charge in [0.2, 0.25) is 11.9 Å². The number of carbonyl (C=O) groups is 1. The molecule has 4 rings (SSSR count). The summed E-state index contributed by atoms with van der Waals surface area (Å²) >= 11 is 0. The van der Waals surface area contributed by atoms with E-state index in [9.17, 15) is 4.79 Å². The van der Waals surface area contributed by atoms with Crippen molar-refractivity contribution in [2.75, 3.05) is 24.4 Å². The fraction of sp³-hybridized carbons (Fsp3) is 0.429. The van der Waals surface area contributed by atoms with Gasteiger partial charge >= 0.3 is 0 Å². The summed E-state index contributed by atoms with van der Waals surface area (Å²) in [5.41, 5.74) is 1.36. The maximum Gasteiger partial charge on any atom is 0.236 e. The molecule has 0 saturated heterocycles. The molecule has 1 aliphatic heterocycles. The molecule has 1 amide bonds. The number of hydrogen-bond donors (Lipinski definition) is 2. The lowest BCUT2D eigenvalue weighted by Crippen LogP contribution is -2.18. The fourth-order valence-corrected chi connectivity index (χ4v) is 2.72. The zero-order valence-corrected chi connectivity index (χ0v) is 12.2. The quantitative estimate of drug-likeness (QED) is 0.857. The number of carbonyl (C=O) groups excluding carboxylic acids is 1. The van der Waals surface area contributed by atoms with Gasteiger partial charge in [-0.3, -0.25) is 9.48 Å². The molecular weight excluding hydrogens is 284 g/mol. The third-order valence-electron chi connectivity index (χ3n) is 4.13. The Hall–Kier alpha value is -2.48. The minimum atomic E-state index is -0.348. The summed E-state index contributed by atoms with van der Waals surface area (Å²) in [4.78, 5) is 20.7. The number of hydrogen-bond acceptors (Lipinski definition) is 6. The highest BCUT2D eigenvalue weighted by atomic mass is 16.5. The van der Waals surface area contributed by atoms with Crippen molar-refractivity contribution < 1.29 is 9.53 Å². The van der Waals surface area contributed by atoms with E-state index in [-0.39, 0.29) is 11.3 Å². The van der Waals surface area contributed by atoms with Gasteiger partial charge in [0.25, 0.3) is 0 Å². The second-order valence-corrected chi connectivity index (χ2v) is 5.60. The molecule has 2 aromatic heterocycles. The maximum absolute atomic E-state index is 12.0. The minimum Gasteiger partial charge on any atom is -0.383 e. The Labute approximate surface area is 126 Å². The van der Waals surface area contributed by atoms with Crippen LogP contribution in [0.4, 0.5) is 17.5 Å². The van der Waals surface area contributed by atoms with Gasteiger partial charge in [-0.25, -0.2) is 4.98 Å². The average Bonchev–Trinajstić information content (AvgIpc) is 3.12. The molecule has 0 radical (unpaired) electrons. The summed E-state index contributed by atoms with van der Waals surface area (Å²) in [7, 11) is 1.65. The van der Waals surface area contributed by atoms with Gasteiger partial charge in [-0.15, -0.1) is 0 Å². The molecule has 114 valence electrons. The number of nitrogens with zero attached hydrogens (tertiary/aromatic N) is 4. The standard InChI is InChI=1S/C14H16N6O2/c1-22-5-4-20-8-9(6-16-20)17-13-15-7-10-11(19-13)18-12(21)14(10)2-3-14/h6-8H,2-5H2,1H3,(H2,15,17,18,19,21). The van der Waals surface area contributed by atoms with Crippen LogP contribution in [0.5, 0.6) is 0 Å². The van der Waals surface area contributed by atoms with Crippen molar-refractivity contribution in [3.8, 4) is 0 Å². The summed E-state index contributed by atoms with van der Waals surface area (Å²) < 4.78 is 6.79. The van der Waals surface area contributed by atoms with Gasteiger partial charge in [0, 0.05) is 25.1 Å². The van der Waals surface area contributed by atoms with E-state index in [0.29, 0.717) is 24.9 Å². The van der Waals surface area contributed by atoms with E-state index >= 15 is 0 Å². The Morgan fingerprint density at radius 1 is 1.45 bits per heavy atom. The molecule has 0 bridgehead atoms. The predicted molar refractivity (Wildman–Crippen MR) is 79.0 cm³/mol. The Morgan fingerprint density at radius 2 is 2.32 bits per heavy atom. The number of amides is 1. The van der Waals surface area contributed by atoms with Crippen LogP contribution in [-0.2, 0) is 21.5 Å². The van der Waals surface area contributed by atoms with Crippen LogP contribution in [0.1, 0.15) is 18.4 Å². The van der Waals surface area contributed by atoms with Crippen LogP contribution < -0.4 is 10.6 Å². The van der Waals surface area contributed by atoms with Crippen LogP contribution >= 0.6 is 0 Å². The zero-order chi connectivity index (χ0) is 15.2. The molecular formula is C14H16N6O2. The third kappa shape index (κ3) is 2.03. The third-order valence-corrected chi connectivity index (χ3v) is 4.13. The zero-order valence-electron chi connectivity index (χ0n) is 12.2. The van der Waals surface area contributed by atoms with Crippen LogP contribution in [0.3, 0.4) is 0 Å². The topological polar surface area (TPSA) is 94.0 Å². The van der Waals surface area contributed by atoms with Crippen LogP contribution in [0.15, 0.2) is 18.6 Å². The van der Waals surface area contributed by atoms with Crippen molar-refractivity contribution in [3.63, 3.8) is 0 Å². The van der Waals surface area contributed by atoms with Gasteiger partial charge in [0.05, 0.1) is 30.5 Å². The van der Waals surface area contributed by atoms with E-state index in [1.807, 2.05) is 6.20 Å². The molecule has 1 aliphatic carbocycles. The van der Waals surface area contributed by atoms with Crippen molar-refractivity contribution in [3.05, 3.63) is 24.2 Å². The highest BCUT2D eigenvalue weighted by Gasteiger charge is 2.57. The van der Waals surface area contributed by atoms with Crippen molar-refractivity contribution >= 4 is 23.4 Å². The smallest absolute Gasteiger partial charge is 0.236 e. The first-order valence-corrected chi connectivity index (χ1v) is 7.19. The molecule has 0 aromatic carbocycles. The Balaban J connectivity index is 1.51. The molecule has 1 saturated carbocycles. The van der Waals surface area contributed by atoms with Gasteiger partial charge in [0.15, 0.2) is 0 Å². The molecule has 2 N–H and O–H groups in total. The second-order valence-electron chi connectivity index (χ2n) is 5.60. The maximum atomic E-state index is 12.0. The number of fused-ring (bicyclic) bond motifs is 2. The Kier molecular flexibility index (Phi) is 2.86. The van der Waals surface area contributed by atoms with Gasteiger partial charge < -0.3 is 15.4 Å². The Morgan fingerprint density at radius 3 is 3.09 bits per heavy atom. The normalized spacial score (nSPS) is 17.4. The lowest BCUT2D eigenvalue weighted by molar-refractivity contribution is -0.117. The largest absolute Gasteiger partial charge is 0.383 e. The summed E-state index contributed by atoms with van der Waals surface area (Å²) in [6.07, 6.45) is 7.07. The van der Waals surface area contributed by atoms with Gasteiger partial charge in [-0.2, -0.15) is 10.1 Å². The summed E-state index contributed by atoms with van der Waals surface area (Å²) in [6, 6.07) is 0. The molecule has 22 heavy (non-hydrogen) atoms. The van der Waals surface area contributed by atoms with Crippen molar-refractivity contribution in [1.82, 2.24) is 19.7 Å². The molecule has 1 spiro atoms. The van der Waals surface area contributed by atoms with E-state index < -0.39 is 0 Å². The van der Waals surface area contributed by atoms with Crippen LogP contribution in [0.2, 0.25) is 0 Å². The van der Waals surface area contributed by atoms with Crippen molar-refractivity contribution in [2.24, 2.45) is 0 Å². The van der Waals surface area contributed by atoms with Crippen molar-refractivity contribution in [2.45, 2.75) is 24.8 Å². The van der Waals surface area contributed by atoms with E-state index in [0.717, 1.165) is 24.1 Å². The molecule has 2 aromatic rings. The SMILES string of the molecule is COCCn1cc(Nc2ncc3c(n2)NC(=O)C32CC2)cn1. The molecule has 2 aliphatic rings. The number of anilines is 3. The van der Waals surface area contributed by atoms with E-state index in [1.54, 1.807) is 24.2 Å². The summed E-state index contributed by atoms with van der Waals surface area (Å²) in [5.74, 6) is 1.11. The van der Waals surface area contributed by atoms with E-state index in [1.165, 1.54) is 0 Å². The lowest BCUT2D eigenvalue weighted by atomic mass is 10.0. The molecule has 8 heteroatoms. The number of rotatable bonds is 5. The highest BCUT2D eigenvalue weighted by Crippen LogP contribution is 2.54. The number of nitrogens with one attached hydrogen (secondary N) is 2. The molecule has 0 atom stereocenters. The average molecular weight is 300 g/mol. The number of methoxy groups -OCH3 is 1. The van der Waals surface area contributed by atoms with Crippen LogP contribution in [0, 0.1) is 0 Å². The van der Waals surface area contributed by atoms with Gasteiger partial charge in [-0.1, -0.05) is 0 Å². The molecule has 8 nitrogen and oxygen atoms in total.